The Kier molecular flexibility index (Phi) is 4.02. The number of aryl methyl sites for hydroxylation is 1. The van der Waals surface area contributed by atoms with Crippen molar-refractivity contribution in [1.29, 1.82) is 0 Å². The van der Waals surface area contributed by atoms with E-state index < -0.39 is 6.10 Å². The normalized spacial score (nSPS) is 12.7. The van der Waals surface area contributed by atoms with Gasteiger partial charge in [-0.15, -0.1) is 0 Å². The molecule has 0 aliphatic carbocycles. The van der Waals surface area contributed by atoms with Crippen molar-refractivity contribution in [3.8, 4) is 0 Å². The molecule has 0 saturated carbocycles. The molecule has 1 atom stereocenters. The molecule has 1 heterocycles. The smallest absolute Gasteiger partial charge is 0.112 e. The van der Waals surface area contributed by atoms with Gasteiger partial charge in [0.25, 0.3) is 0 Å². The summed E-state index contributed by atoms with van der Waals surface area (Å²) in [5, 5.41) is 10.3. The number of imidazole rings is 1. The number of hydrogen-bond acceptors (Lipinski definition) is 2. The van der Waals surface area contributed by atoms with E-state index in [4.69, 9.17) is 0 Å². The molecule has 0 spiro atoms. The Labute approximate surface area is 124 Å². The molecule has 108 valence electrons. The van der Waals surface area contributed by atoms with Gasteiger partial charge in [-0.25, -0.2) is 4.98 Å². The molecule has 3 heteroatoms. The monoisotopic (exact) mass is 280 g/mol. The van der Waals surface area contributed by atoms with Gasteiger partial charge in [-0.3, -0.25) is 0 Å². The van der Waals surface area contributed by atoms with Gasteiger partial charge in [0.2, 0.25) is 0 Å². The summed E-state index contributed by atoms with van der Waals surface area (Å²) in [4.78, 5) is 4.67. The van der Waals surface area contributed by atoms with Crippen molar-refractivity contribution in [2.75, 3.05) is 0 Å². The molecule has 2 aromatic carbocycles. The van der Waals surface area contributed by atoms with Crippen LogP contribution < -0.4 is 0 Å². The zero-order valence-electron chi connectivity index (χ0n) is 12.2. The molecule has 3 nitrogen and oxygen atoms in total. The summed E-state index contributed by atoms with van der Waals surface area (Å²) in [5.41, 5.74) is 3.30. The summed E-state index contributed by atoms with van der Waals surface area (Å²) >= 11 is 0. The highest BCUT2D eigenvalue weighted by molar-refractivity contribution is 5.75. The number of aromatic nitrogens is 2. The molecule has 3 rings (SSSR count). The molecular formula is C18H20N2O. The average molecular weight is 280 g/mol. The molecular weight excluding hydrogens is 260 g/mol. The predicted molar refractivity (Wildman–Crippen MR) is 85.3 cm³/mol. The lowest BCUT2D eigenvalue weighted by Gasteiger charge is -2.12. The fraction of sp³-hybridized carbons (Fsp3) is 0.278. The zero-order chi connectivity index (χ0) is 14.7. The van der Waals surface area contributed by atoms with Crippen LogP contribution in [0.15, 0.2) is 54.6 Å². The Morgan fingerprint density at radius 3 is 2.48 bits per heavy atom. The lowest BCUT2D eigenvalue weighted by molar-refractivity contribution is 0.172. The van der Waals surface area contributed by atoms with Crippen molar-refractivity contribution >= 4 is 11.0 Å². The third-order valence-electron chi connectivity index (χ3n) is 3.78. The number of nitrogens with zero attached hydrogens (tertiary/aromatic N) is 2. The van der Waals surface area contributed by atoms with E-state index >= 15 is 0 Å². The number of fused-ring (bicyclic) bond motifs is 1. The van der Waals surface area contributed by atoms with Crippen LogP contribution >= 0.6 is 0 Å². The molecule has 1 N–H and O–H groups in total. The second-order valence-electron chi connectivity index (χ2n) is 5.31. The lowest BCUT2D eigenvalue weighted by atomic mass is 10.1. The molecule has 0 fully saturated rings. The standard InChI is InChI=1S/C18H20N2O/c1-2-20-17-11-7-6-10-16(17)19-18(20)13-15(21)12-14-8-4-3-5-9-14/h3-11,15,21H,2,12-13H2,1H3. The van der Waals surface area contributed by atoms with Gasteiger partial charge in [0.15, 0.2) is 0 Å². The summed E-state index contributed by atoms with van der Waals surface area (Å²) in [6.45, 7) is 2.98. The third kappa shape index (κ3) is 2.98. The van der Waals surface area contributed by atoms with Crippen molar-refractivity contribution in [3.05, 3.63) is 66.0 Å². The highest BCUT2D eigenvalue weighted by atomic mass is 16.3. The van der Waals surface area contributed by atoms with E-state index in [2.05, 4.69) is 22.5 Å². The number of benzene rings is 2. The summed E-state index contributed by atoms with van der Waals surface area (Å²) < 4.78 is 2.18. The summed E-state index contributed by atoms with van der Waals surface area (Å²) in [6, 6.07) is 18.2. The first kappa shape index (κ1) is 13.8. The number of hydrogen-bond donors (Lipinski definition) is 1. The molecule has 0 bridgehead atoms. The minimum atomic E-state index is -0.408. The maximum Gasteiger partial charge on any atom is 0.112 e. The van der Waals surface area contributed by atoms with Crippen molar-refractivity contribution in [3.63, 3.8) is 0 Å². The van der Waals surface area contributed by atoms with E-state index in [1.807, 2.05) is 48.5 Å². The van der Waals surface area contributed by atoms with Gasteiger partial charge in [0.1, 0.15) is 5.82 Å². The van der Waals surface area contributed by atoms with E-state index in [-0.39, 0.29) is 0 Å². The van der Waals surface area contributed by atoms with Gasteiger partial charge in [-0.1, -0.05) is 42.5 Å². The molecule has 0 amide bonds. The van der Waals surface area contributed by atoms with Crippen molar-refractivity contribution in [2.24, 2.45) is 0 Å². The van der Waals surface area contributed by atoms with Crippen molar-refractivity contribution in [1.82, 2.24) is 9.55 Å². The van der Waals surface area contributed by atoms with Gasteiger partial charge in [0.05, 0.1) is 17.1 Å². The minimum Gasteiger partial charge on any atom is -0.392 e. The first-order valence-corrected chi connectivity index (χ1v) is 7.44. The minimum absolute atomic E-state index is 0.408. The predicted octanol–water partition coefficient (Wildman–Crippen LogP) is 3.20. The largest absolute Gasteiger partial charge is 0.392 e. The van der Waals surface area contributed by atoms with Crippen LogP contribution in [0, 0.1) is 0 Å². The van der Waals surface area contributed by atoms with Crippen molar-refractivity contribution in [2.45, 2.75) is 32.4 Å². The van der Waals surface area contributed by atoms with Gasteiger partial charge in [-0.05, 0) is 31.0 Å². The fourth-order valence-electron chi connectivity index (χ4n) is 2.80. The zero-order valence-corrected chi connectivity index (χ0v) is 12.2. The molecule has 21 heavy (non-hydrogen) atoms. The number of rotatable bonds is 5. The SMILES string of the molecule is CCn1c(CC(O)Cc2ccccc2)nc2ccccc21. The molecule has 3 aromatic rings. The van der Waals surface area contributed by atoms with Gasteiger partial charge < -0.3 is 9.67 Å². The molecule has 0 saturated heterocycles. The van der Waals surface area contributed by atoms with Crippen LogP contribution in [0.1, 0.15) is 18.3 Å². The van der Waals surface area contributed by atoms with Crippen LogP contribution in [0.3, 0.4) is 0 Å². The van der Waals surface area contributed by atoms with Crippen LogP contribution in [-0.2, 0) is 19.4 Å². The second kappa shape index (κ2) is 6.10. The van der Waals surface area contributed by atoms with E-state index in [0.717, 1.165) is 29.0 Å². The maximum atomic E-state index is 10.3. The molecule has 0 aliphatic heterocycles. The first-order valence-electron chi connectivity index (χ1n) is 7.44. The van der Waals surface area contributed by atoms with E-state index in [0.29, 0.717) is 12.8 Å². The van der Waals surface area contributed by atoms with E-state index in [9.17, 15) is 5.11 Å². The van der Waals surface area contributed by atoms with Crippen LogP contribution in [0.2, 0.25) is 0 Å². The van der Waals surface area contributed by atoms with Gasteiger partial charge in [0, 0.05) is 13.0 Å². The van der Waals surface area contributed by atoms with Gasteiger partial charge in [-0.2, -0.15) is 0 Å². The summed E-state index contributed by atoms with van der Waals surface area (Å²) in [6.07, 6.45) is 0.833. The number of aliphatic hydroxyl groups excluding tert-OH is 1. The second-order valence-corrected chi connectivity index (χ2v) is 5.31. The van der Waals surface area contributed by atoms with E-state index in [1.54, 1.807) is 0 Å². The Bertz CT molecular complexity index is 718. The average Bonchev–Trinajstić information content (AvgIpc) is 2.85. The van der Waals surface area contributed by atoms with Gasteiger partial charge >= 0.3 is 0 Å². The quantitative estimate of drug-likeness (QED) is 0.779. The third-order valence-corrected chi connectivity index (χ3v) is 3.78. The first-order chi connectivity index (χ1) is 10.3. The summed E-state index contributed by atoms with van der Waals surface area (Å²) in [7, 11) is 0. The van der Waals surface area contributed by atoms with Crippen LogP contribution in [-0.4, -0.2) is 20.8 Å². The Hall–Kier alpha value is -2.13. The van der Waals surface area contributed by atoms with E-state index in [1.165, 1.54) is 0 Å². The summed E-state index contributed by atoms with van der Waals surface area (Å²) in [5.74, 6) is 0.960. The van der Waals surface area contributed by atoms with Crippen LogP contribution in [0.25, 0.3) is 11.0 Å². The topological polar surface area (TPSA) is 38.0 Å². The molecule has 1 unspecified atom stereocenters. The van der Waals surface area contributed by atoms with Crippen molar-refractivity contribution < 1.29 is 5.11 Å². The molecule has 1 aromatic heterocycles. The number of para-hydroxylation sites is 2. The fourth-order valence-corrected chi connectivity index (χ4v) is 2.80. The van der Waals surface area contributed by atoms with Crippen LogP contribution in [0.4, 0.5) is 0 Å². The Morgan fingerprint density at radius 1 is 1.00 bits per heavy atom. The lowest BCUT2D eigenvalue weighted by Crippen LogP contribution is -2.17. The highest BCUT2D eigenvalue weighted by Crippen LogP contribution is 2.18. The maximum absolute atomic E-state index is 10.3. The molecule has 0 radical (unpaired) electrons. The number of aliphatic hydroxyl groups is 1. The molecule has 0 aliphatic rings. The highest BCUT2D eigenvalue weighted by Gasteiger charge is 2.14. The Balaban J connectivity index is 1.81. The van der Waals surface area contributed by atoms with Crippen LogP contribution in [0.5, 0.6) is 0 Å². The Morgan fingerprint density at radius 2 is 1.71 bits per heavy atom.